The molecule has 2 aromatic carbocycles. The summed E-state index contributed by atoms with van der Waals surface area (Å²) in [6.45, 7) is 0. The zero-order valence-electron chi connectivity index (χ0n) is 11.2. The third kappa shape index (κ3) is 2.70. The first-order valence-corrected chi connectivity index (χ1v) is 6.19. The molecule has 0 fully saturated rings. The fraction of sp³-hybridized carbons (Fsp3) is 0.0625. The molecule has 3 rings (SSSR count). The lowest BCUT2D eigenvalue weighted by Gasteiger charge is -2.18. The van der Waals surface area contributed by atoms with E-state index in [-0.39, 0.29) is 6.04 Å². The number of hydrogen-bond acceptors (Lipinski definition) is 6. The van der Waals surface area contributed by atoms with Gasteiger partial charge in [0.05, 0.1) is 5.69 Å². The number of rotatable bonds is 2. The molecule has 106 valence electrons. The molecule has 1 aliphatic rings. The molecule has 22 heavy (non-hydrogen) atoms. The molecule has 0 saturated heterocycles. The van der Waals surface area contributed by atoms with Gasteiger partial charge in [-0.3, -0.25) is 0 Å². The summed E-state index contributed by atoms with van der Waals surface area (Å²) in [6.07, 6.45) is 7.53. The van der Waals surface area contributed by atoms with Crippen LogP contribution < -0.4 is 0 Å². The second kappa shape index (κ2) is 6.84. The van der Waals surface area contributed by atoms with Gasteiger partial charge in [0, 0.05) is 5.56 Å². The van der Waals surface area contributed by atoms with E-state index in [0.29, 0.717) is 5.69 Å². The van der Waals surface area contributed by atoms with E-state index in [2.05, 4.69) is 9.98 Å². The van der Waals surface area contributed by atoms with Crippen molar-refractivity contribution in [1.82, 2.24) is 0 Å². The highest BCUT2D eigenvalue weighted by molar-refractivity contribution is 5.99. The molecule has 6 nitrogen and oxygen atoms in total. The van der Waals surface area contributed by atoms with Crippen molar-refractivity contribution in [1.29, 1.82) is 5.41 Å². The maximum absolute atomic E-state index is 10.5. The molecule has 1 aliphatic carbocycles. The summed E-state index contributed by atoms with van der Waals surface area (Å²) in [5.74, 6) is 0. The third-order valence-corrected chi connectivity index (χ3v) is 3.22. The van der Waals surface area contributed by atoms with Crippen molar-refractivity contribution in [2.45, 2.75) is 6.04 Å². The normalized spacial score (nSPS) is 13.9. The van der Waals surface area contributed by atoms with Crippen molar-refractivity contribution in [2.75, 3.05) is 0 Å². The lowest BCUT2D eigenvalue weighted by atomic mass is 9.89. The van der Waals surface area contributed by atoms with Crippen LogP contribution in [0.1, 0.15) is 17.2 Å². The summed E-state index contributed by atoms with van der Waals surface area (Å²) in [6, 6.07) is 9.13. The minimum Gasteiger partial charge on any atom is -0.222 e. The van der Waals surface area contributed by atoms with Crippen LogP contribution >= 0.6 is 0 Å². The lowest BCUT2D eigenvalue weighted by molar-refractivity contribution is 0.561. The Morgan fingerprint density at radius 1 is 1.05 bits per heavy atom. The maximum atomic E-state index is 10.5. The minimum atomic E-state index is -0.329. The average Bonchev–Trinajstić information content (AvgIpc) is 2.53. The second-order valence-electron chi connectivity index (χ2n) is 4.27. The van der Waals surface area contributed by atoms with Gasteiger partial charge in [0.1, 0.15) is 6.04 Å². The van der Waals surface area contributed by atoms with Crippen LogP contribution in [0.3, 0.4) is 0 Å². The number of nitrogens with one attached hydrogen (secondary N) is 1. The largest absolute Gasteiger partial charge is 0.240 e. The molecule has 0 amide bonds. The topological polar surface area (TPSA) is 99.8 Å². The Bertz CT molecular complexity index is 883. The van der Waals surface area contributed by atoms with Gasteiger partial charge in [-0.25, -0.2) is 19.8 Å². The van der Waals surface area contributed by atoms with Gasteiger partial charge >= 0.3 is 0 Å². The fourth-order valence-electron chi connectivity index (χ4n) is 2.45. The molecule has 1 unspecified atom stereocenters. The average molecular weight is 291 g/mol. The van der Waals surface area contributed by atoms with Crippen LogP contribution in [0.4, 0.5) is 5.69 Å². The van der Waals surface area contributed by atoms with E-state index in [0.717, 1.165) is 28.0 Å². The molecule has 0 spiro atoms. The Kier molecular flexibility index (Phi) is 4.66. The number of hydrogen-bond donors (Lipinski definition) is 1. The van der Waals surface area contributed by atoms with Crippen LogP contribution in [0, 0.1) is 5.41 Å². The molecule has 6 heteroatoms. The molecule has 0 saturated carbocycles. The first-order valence-electron chi connectivity index (χ1n) is 6.19. The Hall–Kier alpha value is -3.42. The van der Waals surface area contributed by atoms with Gasteiger partial charge in [0.25, 0.3) is 0 Å². The van der Waals surface area contributed by atoms with Crippen LogP contribution in [0.25, 0.3) is 16.8 Å². The number of benzene rings is 2. The van der Waals surface area contributed by atoms with Crippen molar-refractivity contribution in [3.05, 3.63) is 47.5 Å². The Balaban J connectivity index is 0.000000545. The predicted octanol–water partition coefficient (Wildman–Crippen LogP) is 3.11. The molecular weight excluding hydrogens is 282 g/mol. The first-order chi connectivity index (χ1) is 10.8. The predicted molar refractivity (Wildman–Crippen MR) is 80.0 cm³/mol. The Labute approximate surface area is 125 Å². The van der Waals surface area contributed by atoms with Crippen molar-refractivity contribution >= 4 is 40.8 Å². The Morgan fingerprint density at radius 2 is 1.82 bits per heavy atom. The molecule has 2 aromatic rings. The summed E-state index contributed by atoms with van der Waals surface area (Å²) < 4.78 is 0. The van der Waals surface area contributed by atoms with E-state index >= 15 is 0 Å². The van der Waals surface area contributed by atoms with Gasteiger partial charge < -0.3 is 0 Å². The number of carbonyl (C=O) groups excluding carboxylic acids is 3. The fourth-order valence-corrected chi connectivity index (χ4v) is 2.45. The van der Waals surface area contributed by atoms with Crippen molar-refractivity contribution in [3.63, 3.8) is 0 Å². The van der Waals surface area contributed by atoms with E-state index in [1.807, 2.05) is 30.3 Å². The highest BCUT2D eigenvalue weighted by atomic mass is 16.1. The standard InChI is InChI=1S/C15H8N2O2.CHNO/c18-8-16-13-6-4-10-2-1-3-11-14(17-9-19)7-5-12(13)15(10)11;2-1-3/h1-7,14H;2H. The molecule has 0 radical (unpaired) electrons. The zero-order chi connectivity index (χ0) is 15.9. The van der Waals surface area contributed by atoms with Gasteiger partial charge in [-0.15, -0.1) is 0 Å². The van der Waals surface area contributed by atoms with E-state index in [1.54, 1.807) is 24.3 Å². The molecule has 0 aromatic heterocycles. The molecule has 0 aliphatic heterocycles. The van der Waals surface area contributed by atoms with E-state index in [9.17, 15) is 9.59 Å². The van der Waals surface area contributed by atoms with Crippen LogP contribution in [-0.2, 0) is 14.4 Å². The van der Waals surface area contributed by atoms with Gasteiger partial charge in [-0.2, -0.15) is 9.98 Å². The quantitative estimate of drug-likeness (QED) is 0.679. The highest BCUT2D eigenvalue weighted by Crippen LogP contribution is 2.39. The van der Waals surface area contributed by atoms with Crippen LogP contribution in [0.2, 0.25) is 0 Å². The van der Waals surface area contributed by atoms with Crippen molar-refractivity contribution in [3.8, 4) is 0 Å². The lowest BCUT2D eigenvalue weighted by Crippen LogP contribution is -1.99. The van der Waals surface area contributed by atoms with Crippen molar-refractivity contribution in [2.24, 2.45) is 9.98 Å². The second-order valence-corrected chi connectivity index (χ2v) is 4.27. The monoisotopic (exact) mass is 291 g/mol. The van der Waals surface area contributed by atoms with Crippen LogP contribution in [0.5, 0.6) is 0 Å². The van der Waals surface area contributed by atoms with Crippen LogP contribution in [0.15, 0.2) is 46.4 Å². The summed E-state index contributed by atoms with van der Waals surface area (Å²) in [5, 5.41) is 7.39. The summed E-state index contributed by atoms with van der Waals surface area (Å²) in [7, 11) is 0. The number of nitrogens with zero attached hydrogens (tertiary/aromatic N) is 2. The van der Waals surface area contributed by atoms with Crippen molar-refractivity contribution < 1.29 is 14.4 Å². The number of aliphatic imine (C=N–C) groups is 2. The minimum absolute atomic E-state index is 0.329. The third-order valence-electron chi connectivity index (χ3n) is 3.22. The van der Waals surface area contributed by atoms with Crippen LogP contribution in [-0.4, -0.2) is 18.2 Å². The molecule has 1 atom stereocenters. The van der Waals surface area contributed by atoms with E-state index in [4.69, 9.17) is 10.2 Å². The summed E-state index contributed by atoms with van der Waals surface area (Å²) in [5.41, 5.74) is 2.34. The molecular formula is C16H9N3O3. The van der Waals surface area contributed by atoms with Gasteiger partial charge in [-0.1, -0.05) is 36.4 Å². The van der Waals surface area contributed by atoms with Gasteiger partial charge in [-0.05, 0) is 22.4 Å². The highest BCUT2D eigenvalue weighted by Gasteiger charge is 2.18. The maximum Gasteiger partial charge on any atom is 0.240 e. The summed E-state index contributed by atoms with van der Waals surface area (Å²) >= 11 is 0. The zero-order valence-corrected chi connectivity index (χ0v) is 11.2. The Morgan fingerprint density at radius 3 is 2.50 bits per heavy atom. The molecule has 1 N–H and O–H groups in total. The van der Waals surface area contributed by atoms with E-state index < -0.39 is 0 Å². The molecule has 0 bridgehead atoms. The van der Waals surface area contributed by atoms with E-state index in [1.165, 1.54) is 0 Å². The smallest absolute Gasteiger partial charge is 0.222 e. The van der Waals surface area contributed by atoms with Gasteiger partial charge in [0.2, 0.25) is 18.2 Å². The van der Waals surface area contributed by atoms with Gasteiger partial charge in [0.15, 0.2) is 0 Å². The first kappa shape index (κ1) is 15.0. The number of isocyanates is 3. The SMILES string of the molecule is N=C=O.O=C=Nc1ccc2cccc3c2c1C=CC3N=C=O. The summed E-state index contributed by atoms with van der Waals surface area (Å²) in [4.78, 5) is 36.8. The molecule has 0 heterocycles.